The number of hydrogen-bond acceptors (Lipinski definition) is 4. The Bertz CT molecular complexity index is 641. The summed E-state index contributed by atoms with van der Waals surface area (Å²) in [6, 6.07) is 10.4. The summed E-state index contributed by atoms with van der Waals surface area (Å²) >= 11 is 0. The highest BCUT2D eigenvalue weighted by Crippen LogP contribution is 2.17. The summed E-state index contributed by atoms with van der Waals surface area (Å²) in [5.41, 5.74) is 2.68. The zero-order chi connectivity index (χ0) is 19.5. The lowest BCUT2D eigenvalue weighted by atomic mass is 10.2. The van der Waals surface area contributed by atoms with Crippen LogP contribution in [0.3, 0.4) is 0 Å². The van der Waals surface area contributed by atoms with Gasteiger partial charge >= 0.3 is 0 Å². The molecule has 1 N–H and O–H groups in total. The first-order chi connectivity index (χ1) is 12.5. The van der Waals surface area contributed by atoms with Crippen LogP contribution in [0.4, 0.5) is 5.69 Å². The fraction of sp³-hybridized carbons (Fsp3) is 0.429. The van der Waals surface area contributed by atoms with E-state index in [1.807, 2.05) is 26.8 Å². The number of benzene rings is 1. The molecule has 0 unspecified atom stereocenters. The topological polar surface area (TPSA) is 47.9 Å². The minimum absolute atomic E-state index is 0.0911. The van der Waals surface area contributed by atoms with Gasteiger partial charge in [0, 0.05) is 50.2 Å². The van der Waals surface area contributed by atoms with Gasteiger partial charge < -0.3 is 15.1 Å². The number of aliphatic imine (C=N–C) groups is 1. The molecule has 1 saturated heterocycles. The lowest BCUT2D eigenvalue weighted by molar-refractivity contribution is -0.116. The molecule has 1 fully saturated rings. The Morgan fingerprint density at radius 1 is 1.12 bits per heavy atom. The molecule has 0 spiro atoms. The zero-order valence-electron chi connectivity index (χ0n) is 16.7. The van der Waals surface area contributed by atoms with Gasteiger partial charge in [0.2, 0.25) is 5.91 Å². The number of amides is 1. The van der Waals surface area contributed by atoms with Crippen LogP contribution >= 0.6 is 0 Å². The summed E-state index contributed by atoms with van der Waals surface area (Å²) in [6.45, 7) is 15.4. The number of hydrogen-bond donors (Lipinski definition) is 1. The molecule has 0 radical (unpaired) electrons. The van der Waals surface area contributed by atoms with Crippen LogP contribution in [0.5, 0.6) is 0 Å². The number of para-hydroxylation sites is 1. The molecule has 5 heteroatoms. The average molecular weight is 357 g/mol. The second-order valence-corrected chi connectivity index (χ2v) is 5.89. The number of rotatable bonds is 5. The molecule has 1 aromatic rings. The van der Waals surface area contributed by atoms with Gasteiger partial charge in [0.1, 0.15) is 5.82 Å². The minimum atomic E-state index is -0.0911. The maximum absolute atomic E-state index is 11.5. The third-order valence-electron chi connectivity index (χ3n) is 4.08. The molecule has 26 heavy (non-hydrogen) atoms. The van der Waals surface area contributed by atoms with E-state index in [0.717, 1.165) is 37.7 Å². The van der Waals surface area contributed by atoms with Crippen molar-refractivity contribution in [1.82, 2.24) is 10.2 Å². The molecule has 0 atom stereocenters. The fourth-order valence-electron chi connectivity index (χ4n) is 2.74. The largest absolute Gasteiger partial charge is 0.368 e. The molecule has 1 aromatic carbocycles. The smallest absolute Gasteiger partial charge is 0.246 e. The number of nitrogens with one attached hydrogen (secondary N) is 1. The highest BCUT2D eigenvalue weighted by atomic mass is 16.1. The van der Waals surface area contributed by atoms with Gasteiger partial charge in [-0.1, -0.05) is 38.6 Å². The predicted molar refractivity (Wildman–Crippen MR) is 112 cm³/mol. The molecule has 0 bridgehead atoms. The van der Waals surface area contributed by atoms with Crippen LogP contribution in [0.2, 0.25) is 0 Å². The number of carbonyl (C=O) groups excluding carboxylic acids is 1. The first-order valence-electron chi connectivity index (χ1n) is 9.21. The van der Waals surface area contributed by atoms with Gasteiger partial charge in [-0.3, -0.25) is 4.79 Å². The van der Waals surface area contributed by atoms with Crippen molar-refractivity contribution >= 4 is 17.3 Å². The third kappa shape index (κ3) is 6.39. The first-order valence-corrected chi connectivity index (χ1v) is 9.21. The number of anilines is 1. The van der Waals surface area contributed by atoms with Crippen molar-refractivity contribution in [1.29, 1.82) is 0 Å². The quantitative estimate of drug-likeness (QED) is 0.649. The maximum atomic E-state index is 11.5. The van der Waals surface area contributed by atoms with E-state index in [1.165, 1.54) is 5.69 Å². The maximum Gasteiger partial charge on any atom is 0.246 e. The van der Waals surface area contributed by atoms with E-state index in [9.17, 15) is 4.79 Å². The number of piperazine rings is 1. The lowest BCUT2D eigenvalue weighted by Gasteiger charge is -2.37. The Balaban J connectivity index is 0.00000163. The van der Waals surface area contributed by atoms with Crippen molar-refractivity contribution in [2.45, 2.75) is 27.7 Å². The second kappa shape index (κ2) is 11.1. The van der Waals surface area contributed by atoms with Crippen molar-refractivity contribution in [3.05, 3.63) is 54.4 Å². The van der Waals surface area contributed by atoms with E-state index >= 15 is 0 Å². The SMILES string of the molecule is C=C(/N=C(C)/C=C(\C)C(=O)NC)N1CCN(c2ccccc2)CC1.CC. The molecular formula is C21H32N4O. The highest BCUT2D eigenvalue weighted by molar-refractivity contribution is 6.02. The lowest BCUT2D eigenvalue weighted by Crippen LogP contribution is -2.45. The first kappa shape index (κ1) is 21.5. The molecule has 0 aliphatic carbocycles. The highest BCUT2D eigenvalue weighted by Gasteiger charge is 2.17. The van der Waals surface area contributed by atoms with E-state index in [-0.39, 0.29) is 5.91 Å². The average Bonchev–Trinajstić information content (AvgIpc) is 2.69. The van der Waals surface area contributed by atoms with Crippen molar-refractivity contribution in [3.63, 3.8) is 0 Å². The molecule has 1 amide bonds. The van der Waals surface area contributed by atoms with Gasteiger partial charge in [-0.05, 0) is 32.1 Å². The van der Waals surface area contributed by atoms with Gasteiger partial charge in [0.05, 0.1) is 0 Å². The van der Waals surface area contributed by atoms with Crippen LogP contribution in [-0.4, -0.2) is 49.7 Å². The summed E-state index contributed by atoms with van der Waals surface area (Å²) in [5.74, 6) is 0.660. The van der Waals surface area contributed by atoms with Gasteiger partial charge in [-0.2, -0.15) is 0 Å². The molecule has 0 saturated carbocycles. The zero-order valence-corrected chi connectivity index (χ0v) is 16.7. The number of nitrogens with zero attached hydrogens (tertiary/aromatic N) is 3. The normalized spacial score (nSPS) is 15.1. The molecule has 1 aliphatic rings. The van der Waals surface area contributed by atoms with E-state index in [1.54, 1.807) is 20.0 Å². The second-order valence-electron chi connectivity index (χ2n) is 5.89. The van der Waals surface area contributed by atoms with E-state index in [0.29, 0.717) is 5.57 Å². The molecule has 1 heterocycles. The molecular weight excluding hydrogens is 324 g/mol. The van der Waals surface area contributed by atoms with Crippen molar-refractivity contribution in [2.75, 3.05) is 38.1 Å². The fourth-order valence-corrected chi connectivity index (χ4v) is 2.74. The Kier molecular flexibility index (Phi) is 9.20. The van der Waals surface area contributed by atoms with Crippen molar-refractivity contribution in [2.24, 2.45) is 4.99 Å². The van der Waals surface area contributed by atoms with Gasteiger partial charge in [0.15, 0.2) is 0 Å². The predicted octanol–water partition coefficient (Wildman–Crippen LogP) is 3.46. The van der Waals surface area contributed by atoms with E-state index < -0.39 is 0 Å². The standard InChI is InChI=1S/C19H26N4O.C2H6/c1-15(19(24)20-4)14-16(2)21-17(3)22-10-12-23(13-11-22)18-8-6-5-7-9-18;1-2/h5-9,14H,3,10-13H2,1-2,4H3,(H,20,24);1-2H3/b15-14+,21-16+;. The van der Waals surface area contributed by atoms with Crippen LogP contribution in [0, 0.1) is 0 Å². The van der Waals surface area contributed by atoms with Crippen LogP contribution in [0.1, 0.15) is 27.7 Å². The number of allylic oxidation sites excluding steroid dienone is 1. The summed E-state index contributed by atoms with van der Waals surface area (Å²) in [4.78, 5) is 20.6. The molecule has 5 nitrogen and oxygen atoms in total. The number of carbonyl (C=O) groups is 1. The van der Waals surface area contributed by atoms with Crippen molar-refractivity contribution in [3.8, 4) is 0 Å². The Morgan fingerprint density at radius 3 is 2.23 bits per heavy atom. The van der Waals surface area contributed by atoms with E-state index in [2.05, 4.69) is 51.0 Å². The Morgan fingerprint density at radius 2 is 1.69 bits per heavy atom. The summed E-state index contributed by atoms with van der Waals surface area (Å²) in [6.07, 6.45) is 1.78. The van der Waals surface area contributed by atoms with Crippen LogP contribution in [-0.2, 0) is 4.79 Å². The third-order valence-corrected chi connectivity index (χ3v) is 4.08. The van der Waals surface area contributed by atoms with E-state index in [4.69, 9.17) is 0 Å². The Hall–Kier alpha value is -2.56. The summed E-state index contributed by atoms with van der Waals surface area (Å²) in [7, 11) is 1.62. The summed E-state index contributed by atoms with van der Waals surface area (Å²) < 4.78 is 0. The molecule has 1 aliphatic heterocycles. The van der Waals surface area contributed by atoms with Crippen LogP contribution in [0.15, 0.2) is 59.4 Å². The summed E-state index contributed by atoms with van der Waals surface area (Å²) in [5, 5.41) is 2.61. The molecule has 2 rings (SSSR count). The molecule has 0 aromatic heterocycles. The molecule has 142 valence electrons. The van der Waals surface area contributed by atoms with Crippen molar-refractivity contribution < 1.29 is 4.79 Å². The van der Waals surface area contributed by atoms with Crippen LogP contribution < -0.4 is 10.2 Å². The Labute approximate surface area is 158 Å². The van der Waals surface area contributed by atoms with Gasteiger partial charge in [-0.25, -0.2) is 4.99 Å². The minimum Gasteiger partial charge on any atom is -0.368 e. The van der Waals surface area contributed by atoms with Crippen LogP contribution in [0.25, 0.3) is 0 Å². The number of likely N-dealkylation sites (N-methyl/N-ethyl adjacent to an activating group) is 1. The van der Waals surface area contributed by atoms with Gasteiger partial charge in [0.25, 0.3) is 0 Å². The monoisotopic (exact) mass is 356 g/mol. The van der Waals surface area contributed by atoms with Gasteiger partial charge in [-0.15, -0.1) is 0 Å².